The van der Waals surface area contributed by atoms with Gasteiger partial charge in [-0.25, -0.2) is 17.7 Å². The average Bonchev–Trinajstić information content (AvgIpc) is 3.22. The molecular weight excluding hydrogens is 302 g/mol. The molecule has 2 aliphatic heterocycles. The predicted molar refractivity (Wildman–Crippen MR) is 81.8 cm³/mol. The van der Waals surface area contributed by atoms with Crippen molar-refractivity contribution in [3.63, 3.8) is 0 Å². The summed E-state index contributed by atoms with van der Waals surface area (Å²) in [6.45, 7) is 1.59. The van der Waals surface area contributed by atoms with Crippen molar-refractivity contribution in [1.29, 1.82) is 0 Å². The first-order chi connectivity index (χ1) is 10.5. The molecule has 1 aromatic heterocycles. The fraction of sp³-hybridized carbons (Fsp3) is 0.600. The standard InChI is InChI=1S/C15H19N3O3S/c19-14-9-15(11-18(14)13-3-1-2-7-16-13)6-8-17(10-15)22(20,21)12-4-5-12/h1-3,7,12H,4-6,8-11H2. The van der Waals surface area contributed by atoms with Gasteiger partial charge in [-0.05, 0) is 31.4 Å². The van der Waals surface area contributed by atoms with Gasteiger partial charge in [0.25, 0.3) is 0 Å². The van der Waals surface area contributed by atoms with E-state index >= 15 is 0 Å². The highest BCUT2D eigenvalue weighted by Gasteiger charge is 2.52. The van der Waals surface area contributed by atoms with E-state index in [2.05, 4.69) is 4.98 Å². The molecule has 0 radical (unpaired) electrons. The van der Waals surface area contributed by atoms with E-state index in [1.54, 1.807) is 15.4 Å². The second-order valence-electron chi connectivity index (χ2n) is 6.67. The molecule has 3 fully saturated rings. The molecule has 4 rings (SSSR count). The molecule has 1 aromatic rings. The second-order valence-corrected chi connectivity index (χ2v) is 8.89. The van der Waals surface area contributed by atoms with Crippen LogP contribution in [0.15, 0.2) is 24.4 Å². The highest BCUT2D eigenvalue weighted by molar-refractivity contribution is 7.90. The molecule has 1 unspecified atom stereocenters. The Morgan fingerprint density at radius 1 is 1.23 bits per heavy atom. The van der Waals surface area contributed by atoms with Crippen LogP contribution >= 0.6 is 0 Å². The predicted octanol–water partition coefficient (Wildman–Crippen LogP) is 1.00. The zero-order chi connectivity index (χ0) is 15.4. The maximum atomic E-state index is 12.4. The summed E-state index contributed by atoms with van der Waals surface area (Å²) < 4.78 is 26.4. The SMILES string of the molecule is O=C1CC2(CCN(S(=O)(=O)C3CC3)C2)CN1c1ccccn1. The van der Waals surface area contributed by atoms with Crippen molar-refractivity contribution in [3.05, 3.63) is 24.4 Å². The van der Waals surface area contributed by atoms with E-state index in [4.69, 9.17) is 0 Å². The fourth-order valence-electron chi connectivity index (χ4n) is 3.58. The normalized spacial score (nSPS) is 29.6. The van der Waals surface area contributed by atoms with E-state index in [-0.39, 0.29) is 16.6 Å². The van der Waals surface area contributed by atoms with Crippen LogP contribution < -0.4 is 4.90 Å². The summed E-state index contributed by atoms with van der Waals surface area (Å²) in [5.74, 6) is 0.706. The Hall–Kier alpha value is -1.47. The first-order valence-electron chi connectivity index (χ1n) is 7.71. The monoisotopic (exact) mass is 321 g/mol. The van der Waals surface area contributed by atoms with Gasteiger partial charge in [-0.2, -0.15) is 0 Å². The average molecular weight is 321 g/mol. The number of carbonyl (C=O) groups excluding carboxylic acids is 1. The Balaban J connectivity index is 1.54. The number of anilines is 1. The second kappa shape index (κ2) is 4.76. The summed E-state index contributed by atoms with van der Waals surface area (Å²) in [6.07, 6.45) is 4.41. The topological polar surface area (TPSA) is 70.6 Å². The Kier molecular flexibility index (Phi) is 3.06. The third-order valence-corrected chi connectivity index (χ3v) is 7.30. The molecule has 6 nitrogen and oxygen atoms in total. The molecule has 7 heteroatoms. The number of nitrogens with zero attached hydrogens (tertiary/aromatic N) is 3. The molecule has 1 amide bonds. The van der Waals surface area contributed by atoms with Gasteiger partial charge in [0.15, 0.2) is 0 Å². The molecule has 1 atom stereocenters. The number of amides is 1. The van der Waals surface area contributed by atoms with Gasteiger partial charge in [-0.15, -0.1) is 0 Å². The number of hydrogen-bond donors (Lipinski definition) is 0. The minimum absolute atomic E-state index is 0.0457. The Bertz CT molecular complexity index is 702. The molecular formula is C15H19N3O3S. The number of hydrogen-bond acceptors (Lipinski definition) is 4. The van der Waals surface area contributed by atoms with Crippen LogP contribution in [0.5, 0.6) is 0 Å². The summed E-state index contributed by atoms with van der Waals surface area (Å²) in [7, 11) is -3.14. The lowest BCUT2D eigenvalue weighted by molar-refractivity contribution is -0.117. The summed E-state index contributed by atoms with van der Waals surface area (Å²) in [5.41, 5.74) is -0.240. The molecule has 0 N–H and O–H groups in total. The number of carbonyl (C=O) groups is 1. The first kappa shape index (κ1) is 14.1. The molecule has 1 aliphatic carbocycles. The van der Waals surface area contributed by atoms with E-state index < -0.39 is 10.0 Å². The lowest BCUT2D eigenvalue weighted by atomic mass is 9.86. The van der Waals surface area contributed by atoms with Gasteiger partial charge >= 0.3 is 0 Å². The number of pyridine rings is 1. The van der Waals surface area contributed by atoms with Crippen LogP contribution in [-0.4, -0.2) is 48.5 Å². The fourth-order valence-corrected chi connectivity index (χ4v) is 5.53. The van der Waals surface area contributed by atoms with Crippen molar-refractivity contribution in [2.45, 2.75) is 30.9 Å². The molecule has 118 valence electrons. The van der Waals surface area contributed by atoms with Crippen molar-refractivity contribution in [1.82, 2.24) is 9.29 Å². The van der Waals surface area contributed by atoms with Crippen LogP contribution in [0.4, 0.5) is 5.82 Å². The summed E-state index contributed by atoms with van der Waals surface area (Å²) in [6, 6.07) is 5.50. The zero-order valence-electron chi connectivity index (χ0n) is 12.3. The molecule has 3 heterocycles. The molecule has 2 saturated heterocycles. The van der Waals surface area contributed by atoms with Crippen molar-refractivity contribution < 1.29 is 13.2 Å². The largest absolute Gasteiger partial charge is 0.296 e. The summed E-state index contributed by atoms with van der Waals surface area (Å²) >= 11 is 0. The van der Waals surface area contributed by atoms with Crippen molar-refractivity contribution in [2.75, 3.05) is 24.5 Å². The van der Waals surface area contributed by atoms with E-state index in [1.807, 2.05) is 18.2 Å². The third kappa shape index (κ3) is 2.23. The maximum Gasteiger partial charge on any atom is 0.228 e. The highest BCUT2D eigenvalue weighted by atomic mass is 32.2. The van der Waals surface area contributed by atoms with E-state index in [0.29, 0.717) is 31.9 Å². The molecule has 3 aliphatic rings. The molecule has 22 heavy (non-hydrogen) atoms. The van der Waals surface area contributed by atoms with Crippen LogP contribution in [-0.2, 0) is 14.8 Å². The van der Waals surface area contributed by atoms with Gasteiger partial charge < -0.3 is 0 Å². The smallest absolute Gasteiger partial charge is 0.228 e. The van der Waals surface area contributed by atoms with Gasteiger partial charge in [-0.1, -0.05) is 6.07 Å². The van der Waals surface area contributed by atoms with Crippen LogP contribution in [0.1, 0.15) is 25.7 Å². The van der Waals surface area contributed by atoms with Crippen molar-refractivity contribution in [2.24, 2.45) is 5.41 Å². The molecule has 0 bridgehead atoms. The summed E-state index contributed by atoms with van der Waals surface area (Å²) in [4.78, 5) is 18.3. The van der Waals surface area contributed by atoms with E-state index in [1.165, 1.54) is 0 Å². The van der Waals surface area contributed by atoms with Crippen molar-refractivity contribution in [3.8, 4) is 0 Å². The number of aromatic nitrogens is 1. The highest BCUT2D eigenvalue weighted by Crippen LogP contribution is 2.44. The van der Waals surface area contributed by atoms with Gasteiger partial charge in [0.05, 0.1) is 5.25 Å². The minimum Gasteiger partial charge on any atom is -0.296 e. The third-order valence-electron chi connectivity index (χ3n) is 4.96. The number of sulfonamides is 1. The molecule has 1 spiro atoms. The van der Waals surface area contributed by atoms with Gasteiger partial charge in [-0.3, -0.25) is 9.69 Å². The number of rotatable bonds is 3. The minimum atomic E-state index is -3.14. The zero-order valence-corrected chi connectivity index (χ0v) is 13.1. The van der Waals surface area contributed by atoms with Crippen molar-refractivity contribution >= 4 is 21.7 Å². The van der Waals surface area contributed by atoms with Gasteiger partial charge in [0.2, 0.25) is 15.9 Å². The quantitative estimate of drug-likeness (QED) is 0.833. The van der Waals surface area contributed by atoms with Crippen LogP contribution in [0.3, 0.4) is 0 Å². The molecule has 1 saturated carbocycles. The first-order valence-corrected chi connectivity index (χ1v) is 9.21. The lowest BCUT2D eigenvalue weighted by Gasteiger charge is -2.23. The Labute approximate surface area is 130 Å². The van der Waals surface area contributed by atoms with Crippen LogP contribution in [0, 0.1) is 5.41 Å². The summed E-state index contributed by atoms with van der Waals surface area (Å²) in [5, 5.41) is -0.174. The van der Waals surface area contributed by atoms with E-state index in [9.17, 15) is 13.2 Å². The van der Waals surface area contributed by atoms with E-state index in [0.717, 1.165) is 19.3 Å². The van der Waals surface area contributed by atoms with Crippen LogP contribution in [0.25, 0.3) is 0 Å². The maximum absolute atomic E-state index is 12.4. The Morgan fingerprint density at radius 3 is 2.73 bits per heavy atom. The van der Waals surface area contributed by atoms with Gasteiger partial charge in [0.1, 0.15) is 5.82 Å². The van der Waals surface area contributed by atoms with Gasteiger partial charge in [0, 0.05) is 37.7 Å². The lowest BCUT2D eigenvalue weighted by Crippen LogP contribution is -2.35. The molecule has 0 aromatic carbocycles. The van der Waals surface area contributed by atoms with Crippen LogP contribution in [0.2, 0.25) is 0 Å². The Morgan fingerprint density at radius 2 is 2.05 bits per heavy atom.